The van der Waals surface area contributed by atoms with E-state index in [0.717, 1.165) is 11.1 Å². The minimum absolute atomic E-state index is 0.107. The van der Waals surface area contributed by atoms with Gasteiger partial charge in [0.1, 0.15) is 0 Å². The summed E-state index contributed by atoms with van der Waals surface area (Å²) in [6, 6.07) is 9.17. The van der Waals surface area contributed by atoms with E-state index in [-0.39, 0.29) is 6.10 Å². The largest absolute Gasteiger partial charge is 0.393 e. The Morgan fingerprint density at radius 3 is 2.33 bits per heavy atom. The Morgan fingerprint density at radius 2 is 1.78 bits per heavy atom. The molecule has 3 heteroatoms. The summed E-state index contributed by atoms with van der Waals surface area (Å²) in [5, 5.41) is 12.6. The molecule has 0 heterocycles. The molecule has 1 aromatic rings. The maximum absolute atomic E-state index is 10.4. The third-order valence-corrected chi connectivity index (χ3v) is 7.88. The van der Waals surface area contributed by atoms with Gasteiger partial charge in [0, 0.05) is 5.02 Å². The standard InChI is InChI=1S/C15H23ClOSi/c1-18(2,14-9-7-13(16)8-10-14)11-15(17)12-5-3-4-6-12/h7-10,12,15,17H,3-6,11H2,1-2H3/t15-/m1/s1. The van der Waals surface area contributed by atoms with Gasteiger partial charge in [-0.2, -0.15) is 0 Å². The SMILES string of the molecule is C[Si](C)(C[C@@H](O)C1CCCC1)c1ccc(Cl)cc1. The fourth-order valence-electron chi connectivity index (χ4n) is 3.05. The number of benzene rings is 1. The van der Waals surface area contributed by atoms with E-state index in [1.165, 1.54) is 30.9 Å². The van der Waals surface area contributed by atoms with Crippen LogP contribution in [0.4, 0.5) is 0 Å². The van der Waals surface area contributed by atoms with Crippen LogP contribution in [0.2, 0.25) is 24.2 Å². The number of aliphatic hydroxyl groups is 1. The highest BCUT2D eigenvalue weighted by Crippen LogP contribution is 2.31. The van der Waals surface area contributed by atoms with Crippen molar-refractivity contribution in [2.45, 2.75) is 50.9 Å². The van der Waals surface area contributed by atoms with E-state index in [9.17, 15) is 5.11 Å². The van der Waals surface area contributed by atoms with E-state index in [1.807, 2.05) is 12.1 Å². The highest BCUT2D eigenvalue weighted by Gasteiger charge is 2.31. The predicted octanol–water partition coefficient (Wildman–Crippen LogP) is 3.81. The van der Waals surface area contributed by atoms with E-state index < -0.39 is 8.07 Å². The zero-order valence-corrected chi connectivity index (χ0v) is 13.1. The van der Waals surface area contributed by atoms with Gasteiger partial charge in [0.2, 0.25) is 0 Å². The summed E-state index contributed by atoms with van der Waals surface area (Å²) in [4.78, 5) is 0. The lowest BCUT2D eigenvalue weighted by molar-refractivity contribution is 0.128. The van der Waals surface area contributed by atoms with Crippen molar-refractivity contribution < 1.29 is 5.11 Å². The molecule has 0 aromatic heterocycles. The number of aliphatic hydroxyl groups excluding tert-OH is 1. The van der Waals surface area contributed by atoms with Crippen LogP contribution in [0, 0.1) is 5.92 Å². The summed E-state index contributed by atoms with van der Waals surface area (Å²) in [6.07, 6.45) is 4.92. The summed E-state index contributed by atoms with van der Waals surface area (Å²) in [6.45, 7) is 4.68. The molecule has 1 nitrogen and oxygen atoms in total. The van der Waals surface area contributed by atoms with Crippen LogP contribution < -0.4 is 5.19 Å². The van der Waals surface area contributed by atoms with Crippen LogP contribution >= 0.6 is 11.6 Å². The summed E-state index contributed by atoms with van der Waals surface area (Å²) in [7, 11) is -1.54. The molecule has 1 aliphatic rings. The van der Waals surface area contributed by atoms with Crippen LogP contribution in [0.15, 0.2) is 24.3 Å². The van der Waals surface area contributed by atoms with Gasteiger partial charge >= 0.3 is 0 Å². The van der Waals surface area contributed by atoms with Crippen LogP contribution in [0.3, 0.4) is 0 Å². The van der Waals surface area contributed by atoms with Gasteiger partial charge in [-0.05, 0) is 36.9 Å². The lowest BCUT2D eigenvalue weighted by Gasteiger charge is -2.28. The van der Waals surface area contributed by atoms with Crippen molar-refractivity contribution in [1.82, 2.24) is 0 Å². The average Bonchev–Trinajstić information content (AvgIpc) is 2.82. The fourth-order valence-corrected chi connectivity index (χ4v) is 5.86. The van der Waals surface area contributed by atoms with Crippen molar-refractivity contribution in [3.05, 3.63) is 29.3 Å². The van der Waals surface area contributed by atoms with Crippen LogP contribution in [0.5, 0.6) is 0 Å². The molecular formula is C15H23ClOSi. The summed E-state index contributed by atoms with van der Waals surface area (Å²) >= 11 is 5.94. The summed E-state index contributed by atoms with van der Waals surface area (Å²) in [5.41, 5.74) is 0. The number of hydrogen-bond acceptors (Lipinski definition) is 1. The Bertz CT molecular complexity index is 382. The fraction of sp³-hybridized carbons (Fsp3) is 0.600. The Kier molecular flexibility index (Phi) is 4.52. The van der Waals surface area contributed by atoms with Crippen LogP contribution in [0.25, 0.3) is 0 Å². The second-order valence-electron chi connectivity index (χ2n) is 6.21. The molecule has 1 saturated carbocycles. The van der Waals surface area contributed by atoms with Crippen molar-refractivity contribution >= 4 is 24.9 Å². The number of hydrogen-bond donors (Lipinski definition) is 1. The molecule has 18 heavy (non-hydrogen) atoms. The Balaban J connectivity index is 2.03. The third kappa shape index (κ3) is 3.37. The van der Waals surface area contributed by atoms with Crippen molar-refractivity contribution in [1.29, 1.82) is 0 Å². The minimum atomic E-state index is -1.54. The van der Waals surface area contributed by atoms with Crippen molar-refractivity contribution in [3.63, 3.8) is 0 Å². The molecule has 1 aliphatic carbocycles. The molecule has 0 saturated heterocycles. The second kappa shape index (κ2) is 5.77. The second-order valence-corrected chi connectivity index (χ2v) is 11.4. The molecule has 0 unspecified atom stereocenters. The van der Waals surface area contributed by atoms with Gasteiger partial charge in [0.05, 0.1) is 14.2 Å². The highest BCUT2D eigenvalue weighted by atomic mass is 35.5. The number of halogens is 1. The monoisotopic (exact) mass is 282 g/mol. The molecule has 0 amide bonds. The molecule has 1 atom stereocenters. The van der Waals surface area contributed by atoms with E-state index in [1.54, 1.807) is 0 Å². The normalized spacial score (nSPS) is 19.1. The van der Waals surface area contributed by atoms with Crippen LogP contribution in [-0.4, -0.2) is 19.3 Å². The molecule has 0 aliphatic heterocycles. The molecule has 100 valence electrons. The van der Waals surface area contributed by atoms with Crippen LogP contribution in [-0.2, 0) is 0 Å². The Morgan fingerprint density at radius 1 is 1.22 bits per heavy atom. The Labute approximate surface area is 116 Å². The van der Waals surface area contributed by atoms with Gasteiger partial charge in [-0.1, -0.05) is 54.9 Å². The van der Waals surface area contributed by atoms with Gasteiger partial charge in [0.15, 0.2) is 0 Å². The lowest BCUT2D eigenvalue weighted by Crippen LogP contribution is -2.45. The highest BCUT2D eigenvalue weighted by molar-refractivity contribution is 6.89. The summed E-state index contributed by atoms with van der Waals surface area (Å²) in [5.74, 6) is 0.545. The van der Waals surface area contributed by atoms with E-state index in [4.69, 9.17) is 11.6 Å². The predicted molar refractivity (Wildman–Crippen MR) is 81.3 cm³/mol. The van der Waals surface area contributed by atoms with E-state index in [0.29, 0.717) is 5.92 Å². The smallest absolute Gasteiger partial charge is 0.0831 e. The maximum Gasteiger partial charge on any atom is 0.0831 e. The zero-order chi connectivity index (χ0) is 13.2. The molecule has 0 bridgehead atoms. The number of rotatable bonds is 4. The zero-order valence-electron chi connectivity index (χ0n) is 11.3. The molecule has 1 N–H and O–H groups in total. The molecule has 0 spiro atoms. The third-order valence-electron chi connectivity index (χ3n) is 4.29. The first-order valence-electron chi connectivity index (χ1n) is 6.93. The van der Waals surface area contributed by atoms with Gasteiger partial charge in [-0.15, -0.1) is 0 Å². The van der Waals surface area contributed by atoms with Crippen molar-refractivity contribution in [3.8, 4) is 0 Å². The average molecular weight is 283 g/mol. The van der Waals surface area contributed by atoms with E-state index in [2.05, 4.69) is 25.2 Å². The molecule has 2 rings (SSSR count). The molecule has 1 aromatic carbocycles. The topological polar surface area (TPSA) is 20.2 Å². The first kappa shape index (κ1) is 14.1. The van der Waals surface area contributed by atoms with Gasteiger partial charge in [0.25, 0.3) is 0 Å². The summed E-state index contributed by atoms with van der Waals surface area (Å²) < 4.78 is 0. The molecule has 0 radical (unpaired) electrons. The molecular weight excluding hydrogens is 260 g/mol. The maximum atomic E-state index is 10.4. The molecule has 1 fully saturated rings. The van der Waals surface area contributed by atoms with Crippen LogP contribution in [0.1, 0.15) is 25.7 Å². The Hall–Kier alpha value is -0.313. The lowest BCUT2D eigenvalue weighted by atomic mass is 10.0. The van der Waals surface area contributed by atoms with Gasteiger partial charge in [-0.3, -0.25) is 0 Å². The first-order chi connectivity index (χ1) is 8.49. The minimum Gasteiger partial charge on any atom is -0.393 e. The van der Waals surface area contributed by atoms with Crippen molar-refractivity contribution in [2.24, 2.45) is 5.92 Å². The van der Waals surface area contributed by atoms with Gasteiger partial charge < -0.3 is 5.11 Å². The van der Waals surface area contributed by atoms with E-state index >= 15 is 0 Å². The first-order valence-corrected chi connectivity index (χ1v) is 10.5. The quantitative estimate of drug-likeness (QED) is 0.833. The van der Waals surface area contributed by atoms with Crippen molar-refractivity contribution in [2.75, 3.05) is 0 Å². The van der Waals surface area contributed by atoms with Gasteiger partial charge in [-0.25, -0.2) is 0 Å².